The summed E-state index contributed by atoms with van der Waals surface area (Å²) in [7, 11) is -1.97. The molecule has 102 valence electrons. The molecule has 0 radical (unpaired) electrons. The van der Waals surface area contributed by atoms with Gasteiger partial charge in [0.15, 0.2) is 8.24 Å². The van der Waals surface area contributed by atoms with Crippen LogP contribution in [-0.4, -0.2) is 42.5 Å². The Kier molecular flexibility index (Phi) is 4.10. The molecule has 1 aliphatic rings. The summed E-state index contributed by atoms with van der Waals surface area (Å²) < 4.78 is 1.89. The third-order valence-electron chi connectivity index (χ3n) is 4.23. The van der Waals surface area contributed by atoms with Crippen LogP contribution in [0.5, 0.6) is 0 Å². The molecule has 1 saturated heterocycles. The topological polar surface area (TPSA) is 89.3 Å². The zero-order valence-corrected chi connectivity index (χ0v) is 12.7. The number of hydrogen-bond acceptors (Lipinski definition) is 3. The number of β-lactam (4-membered cyclic amide) rings is 1. The molecule has 7 heteroatoms. The van der Waals surface area contributed by atoms with Crippen LogP contribution in [-0.2, 0) is 4.79 Å². The van der Waals surface area contributed by atoms with Gasteiger partial charge >= 0.3 is 0 Å². The summed E-state index contributed by atoms with van der Waals surface area (Å²) in [6.07, 6.45) is 0.474. The van der Waals surface area contributed by atoms with Gasteiger partial charge in [0.05, 0.1) is 0 Å². The van der Waals surface area contributed by atoms with Crippen molar-refractivity contribution in [3.63, 3.8) is 0 Å². The fourth-order valence-corrected chi connectivity index (χ4v) is 4.69. The Labute approximate surface area is 109 Å². The Balaban J connectivity index is 3.02. The van der Waals surface area contributed by atoms with Crippen LogP contribution in [0.1, 0.15) is 27.2 Å². The highest BCUT2D eigenvalue weighted by Crippen LogP contribution is 2.44. The van der Waals surface area contributed by atoms with Gasteiger partial charge in [-0.3, -0.25) is 4.79 Å². The van der Waals surface area contributed by atoms with Crippen molar-refractivity contribution in [3.05, 3.63) is 10.4 Å². The highest BCUT2D eigenvalue weighted by Gasteiger charge is 2.56. The van der Waals surface area contributed by atoms with E-state index in [-0.39, 0.29) is 23.6 Å². The first-order valence-corrected chi connectivity index (χ1v) is 9.11. The molecular weight excluding hydrogens is 248 g/mol. The Morgan fingerprint density at radius 3 is 2.44 bits per heavy atom. The van der Waals surface area contributed by atoms with E-state index in [2.05, 4.69) is 43.9 Å². The van der Waals surface area contributed by atoms with Crippen LogP contribution < -0.4 is 0 Å². The molecule has 0 spiro atoms. The molecule has 18 heavy (non-hydrogen) atoms. The number of carbonyl (C=O) groups excluding carboxylic acids is 1. The Hall–Kier alpha value is -1.04. The number of amides is 1. The molecule has 1 amide bonds. The minimum Gasteiger partial charge on any atom is -0.396 e. The molecule has 1 aliphatic heterocycles. The van der Waals surface area contributed by atoms with Crippen molar-refractivity contribution in [2.45, 2.75) is 57.4 Å². The molecule has 0 saturated carbocycles. The maximum absolute atomic E-state index is 12.1. The van der Waals surface area contributed by atoms with Gasteiger partial charge in [0.2, 0.25) is 5.91 Å². The quantitative estimate of drug-likeness (QED) is 0.279. The van der Waals surface area contributed by atoms with Crippen LogP contribution >= 0.6 is 0 Å². The largest absolute Gasteiger partial charge is 0.396 e. The minimum absolute atomic E-state index is 0.000514. The molecule has 2 atom stereocenters. The van der Waals surface area contributed by atoms with Crippen molar-refractivity contribution >= 4 is 14.1 Å². The normalized spacial score (nSPS) is 24.6. The monoisotopic (exact) mass is 270 g/mol. The predicted molar refractivity (Wildman–Crippen MR) is 72.5 cm³/mol. The van der Waals surface area contributed by atoms with E-state index < -0.39 is 14.3 Å². The molecule has 1 fully saturated rings. The summed E-state index contributed by atoms with van der Waals surface area (Å²) in [6, 6.07) is -0.768. The van der Waals surface area contributed by atoms with Gasteiger partial charge in [-0.1, -0.05) is 39.0 Å². The molecule has 2 unspecified atom stereocenters. The van der Waals surface area contributed by atoms with Gasteiger partial charge in [0.25, 0.3) is 0 Å². The van der Waals surface area contributed by atoms with Crippen molar-refractivity contribution in [1.29, 1.82) is 0 Å². The Morgan fingerprint density at radius 1 is 1.50 bits per heavy atom. The number of azide groups is 1. The first kappa shape index (κ1) is 15.0. The van der Waals surface area contributed by atoms with Gasteiger partial charge in [0.1, 0.15) is 6.04 Å². The van der Waals surface area contributed by atoms with Crippen molar-refractivity contribution in [2.24, 2.45) is 5.11 Å². The maximum atomic E-state index is 12.1. The molecule has 6 nitrogen and oxygen atoms in total. The van der Waals surface area contributed by atoms with Crippen molar-refractivity contribution < 1.29 is 9.90 Å². The van der Waals surface area contributed by atoms with E-state index >= 15 is 0 Å². The second kappa shape index (κ2) is 4.91. The minimum atomic E-state index is -1.97. The summed E-state index contributed by atoms with van der Waals surface area (Å²) in [5.74, 6) is -0.0853. The average molecular weight is 270 g/mol. The summed E-state index contributed by atoms with van der Waals surface area (Å²) in [5.41, 5.74) is 8.49. The second-order valence-corrected chi connectivity index (χ2v) is 11.3. The number of rotatable bonds is 4. The number of aliphatic hydroxyl groups is 1. The summed E-state index contributed by atoms with van der Waals surface area (Å²) >= 11 is 0. The number of aliphatic hydroxyl groups excluding tert-OH is 1. The molecule has 1 N–H and O–H groups in total. The zero-order valence-electron chi connectivity index (χ0n) is 11.7. The van der Waals surface area contributed by atoms with Gasteiger partial charge in [-0.05, 0) is 17.0 Å². The Morgan fingerprint density at radius 2 is 2.06 bits per heavy atom. The third-order valence-corrected chi connectivity index (χ3v) is 9.65. The third kappa shape index (κ3) is 2.25. The highest BCUT2D eigenvalue weighted by atomic mass is 28.3. The lowest BCUT2D eigenvalue weighted by Gasteiger charge is -2.57. The van der Waals surface area contributed by atoms with Crippen LogP contribution in [0.3, 0.4) is 0 Å². The lowest BCUT2D eigenvalue weighted by Crippen LogP contribution is -2.74. The second-order valence-electron chi connectivity index (χ2n) is 6.25. The fourth-order valence-electron chi connectivity index (χ4n) is 2.18. The van der Waals surface area contributed by atoms with E-state index in [0.717, 1.165) is 0 Å². The van der Waals surface area contributed by atoms with Crippen molar-refractivity contribution in [1.82, 2.24) is 4.57 Å². The first-order valence-electron chi connectivity index (χ1n) is 6.16. The molecule has 0 aromatic carbocycles. The number of carbonyl (C=O) groups is 1. The zero-order chi connectivity index (χ0) is 14.1. The summed E-state index contributed by atoms with van der Waals surface area (Å²) in [6.45, 7) is 10.7. The molecule has 0 aromatic rings. The Bertz CT molecular complexity index is 385. The van der Waals surface area contributed by atoms with E-state index in [9.17, 15) is 4.79 Å². The van der Waals surface area contributed by atoms with E-state index in [1.807, 2.05) is 4.57 Å². The van der Waals surface area contributed by atoms with Gasteiger partial charge in [-0.2, -0.15) is 0 Å². The summed E-state index contributed by atoms with van der Waals surface area (Å²) in [4.78, 5) is 14.9. The van der Waals surface area contributed by atoms with E-state index in [4.69, 9.17) is 10.6 Å². The van der Waals surface area contributed by atoms with Crippen LogP contribution in [0.15, 0.2) is 5.11 Å². The first-order chi connectivity index (χ1) is 8.18. The van der Waals surface area contributed by atoms with Crippen LogP contribution in [0.2, 0.25) is 18.1 Å². The van der Waals surface area contributed by atoms with Crippen LogP contribution in [0.25, 0.3) is 10.4 Å². The molecule has 1 rings (SSSR count). The SMILES string of the molecule is CC(C)(C)[Si](C)(C)N1C(=O)C(N=[N+]=[N-])C1CCO. The molecule has 0 aliphatic carbocycles. The van der Waals surface area contributed by atoms with Crippen LogP contribution in [0.4, 0.5) is 0 Å². The molecule has 0 aromatic heterocycles. The van der Waals surface area contributed by atoms with E-state index in [0.29, 0.717) is 6.42 Å². The molecular formula is C11H22N4O2Si. The molecule has 1 heterocycles. The van der Waals surface area contributed by atoms with Crippen molar-refractivity contribution in [3.8, 4) is 0 Å². The van der Waals surface area contributed by atoms with E-state index in [1.165, 1.54) is 0 Å². The predicted octanol–water partition coefficient (Wildman–Crippen LogP) is 2.26. The van der Waals surface area contributed by atoms with E-state index in [1.54, 1.807) is 0 Å². The van der Waals surface area contributed by atoms with Gasteiger partial charge in [-0.25, -0.2) is 0 Å². The van der Waals surface area contributed by atoms with Gasteiger partial charge < -0.3 is 9.67 Å². The van der Waals surface area contributed by atoms with Gasteiger partial charge in [0, 0.05) is 17.6 Å². The lowest BCUT2D eigenvalue weighted by molar-refractivity contribution is -0.142. The summed E-state index contributed by atoms with van der Waals surface area (Å²) in [5, 5.41) is 12.7. The lowest BCUT2D eigenvalue weighted by atomic mass is 9.97. The fraction of sp³-hybridized carbons (Fsp3) is 0.909. The highest BCUT2D eigenvalue weighted by molar-refractivity contribution is 6.80. The number of hydrogen-bond donors (Lipinski definition) is 1. The standard InChI is InChI=1S/C11H22N4O2Si/c1-11(2,3)18(4,5)15-8(6-7-16)9(10(15)17)13-14-12/h8-9,16H,6-7H2,1-5H3. The van der Waals surface area contributed by atoms with Crippen LogP contribution in [0, 0.1) is 0 Å². The van der Waals surface area contributed by atoms with Gasteiger partial charge in [-0.15, -0.1) is 0 Å². The molecule has 0 bridgehead atoms. The smallest absolute Gasteiger partial charge is 0.226 e. The van der Waals surface area contributed by atoms with Crippen molar-refractivity contribution in [2.75, 3.05) is 6.61 Å². The maximum Gasteiger partial charge on any atom is 0.226 e. The average Bonchev–Trinajstić information content (AvgIpc) is 2.23. The number of nitrogens with zero attached hydrogens (tertiary/aromatic N) is 4.